The third-order valence-corrected chi connectivity index (χ3v) is 2.77. The van der Waals surface area contributed by atoms with Gasteiger partial charge in [-0.1, -0.05) is 24.8 Å². The van der Waals surface area contributed by atoms with Gasteiger partial charge in [-0.3, -0.25) is 4.79 Å². The minimum atomic E-state index is -0.709. The Morgan fingerprint density at radius 3 is 2.58 bits per heavy atom. The monoisotopic (exact) mass is 256 g/mol. The fraction of sp³-hybridized carbons (Fsp3) is 0.133. The zero-order valence-electron chi connectivity index (χ0n) is 10.5. The van der Waals surface area contributed by atoms with E-state index in [1.54, 1.807) is 18.2 Å². The maximum atomic E-state index is 11.1. The molecule has 0 spiro atoms. The molecule has 0 saturated carbocycles. The van der Waals surface area contributed by atoms with Crippen molar-refractivity contribution in [1.29, 1.82) is 0 Å². The molecule has 1 aromatic carbocycles. The summed E-state index contributed by atoms with van der Waals surface area (Å²) in [5, 5.41) is 13.4. The summed E-state index contributed by atoms with van der Waals surface area (Å²) >= 11 is 0. The second-order valence-corrected chi connectivity index (χ2v) is 4.27. The van der Waals surface area contributed by atoms with E-state index in [-0.39, 0.29) is 5.56 Å². The molecule has 98 valence electrons. The number of benzene rings is 1. The lowest BCUT2D eigenvalue weighted by Crippen LogP contribution is -2.04. The van der Waals surface area contributed by atoms with Crippen molar-refractivity contribution in [2.75, 3.05) is 6.54 Å². The van der Waals surface area contributed by atoms with Gasteiger partial charge in [-0.2, -0.15) is 0 Å². The van der Waals surface area contributed by atoms with Crippen LogP contribution in [0.25, 0.3) is 10.9 Å². The lowest BCUT2D eigenvalue weighted by atomic mass is 10.0. The van der Waals surface area contributed by atoms with Gasteiger partial charge in [-0.25, -0.2) is 0 Å². The van der Waals surface area contributed by atoms with Gasteiger partial charge in [0.05, 0.1) is 12.6 Å². The normalized spacial score (nSPS) is 14.1. The average Bonchev–Trinajstić information content (AvgIpc) is 3.20. The van der Waals surface area contributed by atoms with Crippen molar-refractivity contribution in [3.8, 4) is 0 Å². The summed E-state index contributed by atoms with van der Waals surface area (Å²) in [6.07, 6.45) is 0.750. The molecule has 4 heteroatoms. The molecule has 1 atom stereocenters. The maximum absolute atomic E-state index is 11.1. The molecular formula is C15H16N2O2. The van der Waals surface area contributed by atoms with Gasteiger partial charge in [-0.05, 0) is 17.7 Å². The van der Waals surface area contributed by atoms with E-state index in [0.717, 1.165) is 23.0 Å². The zero-order chi connectivity index (χ0) is 13.8. The number of hydrogen-bond acceptors (Lipinski definition) is 3. The van der Waals surface area contributed by atoms with Crippen LogP contribution in [0, 0.1) is 0 Å². The number of aliphatic hydroxyl groups is 1. The van der Waals surface area contributed by atoms with Crippen molar-refractivity contribution >= 4 is 10.9 Å². The number of aliphatic hydroxyl groups excluding tert-OH is 1. The number of H-pyrrole nitrogens is 1. The van der Waals surface area contributed by atoms with Crippen LogP contribution in [0.15, 0.2) is 60.1 Å². The van der Waals surface area contributed by atoms with Gasteiger partial charge >= 0.3 is 0 Å². The molecule has 2 aromatic rings. The minimum Gasteiger partial charge on any atom is -0.384 e. The van der Waals surface area contributed by atoms with E-state index in [1.165, 1.54) is 17.8 Å². The summed E-state index contributed by atoms with van der Waals surface area (Å²) in [5.74, 6) is 0. The van der Waals surface area contributed by atoms with E-state index >= 15 is 0 Å². The highest BCUT2D eigenvalue weighted by molar-refractivity contribution is 5.82. The summed E-state index contributed by atoms with van der Waals surface area (Å²) in [4.78, 5) is 13.8. The van der Waals surface area contributed by atoms with Gasteiger partial charge in [0.15, 0.2) is 0 Å². The van der Waals surface area contributed by atoms with Gasteiger partial charge in [0.2, 0.25) is 5.56 Å². The molecule has 0 radical (unpaired) electrons. The fourth-order valence-corrected chi connectivity index (χ4v) is 1.66. The summed E-state index contributed by atoms with van der Waals surface area (Å²) in [6, 6.07) is 8.56. The Morgan fingerprint density at radius 2 is 2.00 bits per heavy atom. The molecule has 1 aliphatic rings. The van der Waals surface area contributed by atoms with Crippen LogP contribution in [0.5, 0.6) is 0 Å². The Morgan fingerprint density at radius 1 is 1.32 bits per heavy atom. The van der Waals surface area contributed by atoms with Crippen molar-refractivity contribution in [2.45, 2.75) is 6.10 Å². The number of aromatic nitrogens is 1. The Hall–Kier alpha value is -2.33. The Labute approximate surface area is 111 Å². The topological polar surface area (TPSA) is 75.0 Å². The molecule has 19 heavy (non-hydrogen) atoms. The van der Waals surface area contributed by atoms with E-state index in [2.05, 4.69) is 23.5 Å². The largest absolute Gasteiger partial charge is 0.384 e. The quantitative estimate of drug-likeness (QED) is 0.567. The SMILES string of the molecule is C=C1CN1.C=CC(O)c1cccc2[nH]c(=O)ccc12. The van der Waals surface area contributed by atoms with Crippen LogP contribution in [0.2, 0.25) is 0 Å². The second-order valence-electron chi connectivity index (χ2n) is 4.27. The zero-order valence-corrected chi connectivity index (χ0v) is 10.5. The molecule has 4 nitrogen and oxygen atoms in total. The molecule has 1 aliphatic heterocycles. The van der Waals surface area contributed by atoms with E-state index in [0.29, 0.717) is 0 Å². The summed E-state index contributed by atoms with van der Waals surface area (Å²) < 4.78 is 0. The standard InChI is InChI=1S/C12H11NO2.C3H5N/c1-2-11(14)9-4-3-5-10-8(9)6-7-12(15)13-10;1-3-2-4-3/h2-7,11,14H,1H2,(H,13,15);4H,1-2H2. The van der Waals surface area contributed by atoms with Crippen molar-refractivity contribution in [3.63, 3.8) is 0 Å². The third kappa shape index (κ3) is 3.33. The second kappa shape index (κ2) is 5.54. The van der Waals surface area contributed by atoms with Gasteiger partial charge in [-0.15, -0.1) is 6.58 Å². The summed E-state index contributed by atoms with van der Waals surface area (Å²) in [6.45, 7) is 8.14. The van der Waals surface area contributed by atoms with Crippen molar-refractivity contribution in [1.82, 2.24) is 10.3 Å². The van der Waals surface area contributed by atoms with E-state index < -0.39 is 6.10 Å². The molecule has 0 bridgehead atoms. The van der Waals surface area contributed by atoms with Gasteiger partial charge < -0.3 is 15.4 Å². The highest BCUT2D eigenvalue weighted by Gasteiger charge is 2.07. The molecule has 1 unspecified atom stereocenters. The number of aromatic amines is 1. The van der Waals surface area contributed by atoms with E-state index in [1.807, 2.05) is 6.07 Å². The van der Waals surface area contributed by atoms with Gasteiger partial charge in [0.25, 0.3) is 0 Å². The highest BCUT2D eigenvalue weighted by Crippen LogP contribution is 2.22. The number of rotatable bonds is 2. The lowest BCUT2D eigenvalue weighted by Gasteiger charge is -2.08. The van der Waals surface area contributed by atoms with Crippen LogP contribution >= 0.6 is 0 Å². The smallest absolute Gasteiger partial charge is 0.248 e. The first kappa shape index (κ1) is 13.1. The van der Waals surface area contributed by atoms with Crippen molar-refractivity contribution < 1.29 is 5.11 Å². The predicted octanol–water partition coefficient (Wildman–Crippen LogP) is 1.85. The fourth-order valence-electron chi connectivity index (χ4n) is 1.66. The number of pyridine rings is 1. The summed E-state index contributed by atoms with van der Waals surface area (Å²) in [7, 11) is 0. The number of fused-ring (bicyclic) bond motifs is 1. The first-order valence-electron chi connectivity index (χ1n) is 5.96. The molecule has 1 fully saturated rings. The Kier molecular flexibility index (Phi) is 3.82. The van der Waals surface area contributed by atoms with E-state index in [9.17, 15) is 9.90 Å². The molecular weight excluding hydrogens is 240 g/mol. The highest BCUT2D eigenvalue weighted by atomic mass is 16.3. The first-order chi connectivity index (χ1) is 9.11. The predicted molar refractivity (Wildman–Crippen MR) is 76.9 cm³/mol. The summed E-state index contributed by atoms with van der Waals surface area (Å²) in [5.41, 5.74) is 2.49. The Bertz CT molecular complexity index is 667. The molecule has 1 aromatic heterocycles. The van der Waals surface area contributed by atoms with Crippen LogP contribution < -0.4 is 10.9 Å². The van der Waals surface area contributed by atoms with Crippen LogP contribution in [0.4, 0.5) is 0 Å². The molecule has 3 rings (SSSR count). The van der Waals surface area contributed by atoms with E-state index in [4.69, 9.17) is 0 Å². The van der Waals surface area contributed by atoms with Crippen molar-refractivity contribution in [2.24, 2.45) is 0 Å². The van der Waals surface area contributed by atoms with Crippen LogP contribution in [-0.2, 0) is 0 Å². The molecule has 1 saturated heterocycles. The molecule has 0 aliphatic carbocycles. The first-order valence-corrected chi connectivity index (χ1v) is 5.96. The third-order valence-electron chi connectivity index (χ3n) is 2.77. The maximum Gasteiger partial charge on any atom is 0.248 e. The lowest BCUT2D eigenvalue weighted by molar-refractivity contribution is 0.230. The Balaban J connectivity index is 0.000000284. The molecule has 3 N–H and O–H groups in total. The average molecular weight is 256 g/mol. The van der Waals surface area contributed by atoms with Gasteiger partial charge in [0.1, 0.15) is 0 Å². The van der Waals surface area contributed by atoms with Crippen LogP contribution in [0.3, 0.4) is 0 Å². The number of hydrogen-bond donors (Lipinski definition) is 3. The van der Waals surface area contributed by atoms with Crippen molar-refractivity contribution in [3.05, 3.63) is 71.2 Å². The van der Waals surface area contributed by atoms with Crippen LogP contribution in [-0.4, -0.2) is 16.6 Å². The van der Waals surface area contributed by atoms with Crippen LogP contribution in [0.1, 0.15) is 11.7 Å². The molecule has 2 heterocycles. The number of nitrogens with one attached hydrogen (secondary N) is 2. The molecule has 0 amide bonds. The van der Waals surface area contributed by atoms with Gasteiger partial charge in [0, 0.05) is 22.7 Å². The minimum absolute atomic E-state index is 0.146.